The van der Waals surface area contributed by atoms with E-state index in [0.29, 0.717) is 13.0 Å². The van der Waals surface area contributed by atoms with E-state index in [4.69, 9.17) is 0 Å². The number of nitrogens with one attached hydrogen (secondary N) is 1. The molecule has 0 aliphatic carbocycles. The van der Waals surface area contributed by atoms with E-state index in [0.717, 1.165) is 28.9 Å². The first-order chi connectivity index (χ1) is 10.1. The van der Waals surface area contributed by atoms with Crippen LogP contribution in [0.4, 0.5) is 10.5 Å². The Balaban J connectivity index is 1.96. The third-order valence-corrected chi connectivity index (χ3v) is 4.69. The van der Waals surface area contributed by atoms with Crippen molar-refractivity contribution in [1.29, 1.82) is 0 Å². The molecule has 2 aliphatic heterocycles. The molecule has 3 rings (SSSR count). The fourth-order valence-corrected chi connectivity index (χ4v) is 3.44. The van der Waals surface area contributed by atoms with Gasteiger partial charge in [-0.3, -0.25) is 9.59 Å². The topological polar surface area (TPSA) is 61.8 Å². The number of aryl methyl sites for hydroxylation is 1. The molecule has 1 N–H and O–H groups in total. The maximum atomic E-state index is 11.8. The van der Waals surface area contributed by atoms with Crippen molar-refractivity contribution < 1.29 is 9.59 Å². The van der Waals surface area contributed by atoms with Crippen LogP contribution in [0.25, 0.3) is 0 Å². The van der Waals surface area contributed by atoms with E-state index in [1.165, 1.54) is 16.8 Å². The van der Waals surface area contributed by atoms with Gasteiger partial charge in [-0.2, -0.15) is 5.10 Å². The zero-order chi connectivity index (χ0) is 15.0. The highest BCUT2D eigenvalue weighted by Crippen LogP contribution is 2.29. The van der Waals surface area contributed by atoms with Gasteiger partial charge in [-0.05, 0) is 43.5 Å². The predicted molar refractivity (Wildman–Crippen MR) is 84.8 cm³/mol. The number of fused-ring (bicyclic) bond motifs is 1. The van der Waals surface area contributed by atoms with Crippen LogP contribution in [-0.2, 0) is 11.2 Å². The molecular formula is C15H17N3O2S. The molecule has 0 bridgehead atoms. The van der Waals surface area contributed by atoms with E-state index >= 15 is 0 Å². The number of rotatable bonds is 2. The van der Waals surface area contributed by atoms with E-state index in [-0.39, 0.29) is 16.4 Å². The van der Waals surface area contributed by atoms with Gasteiger partial charge in [0.1, 0.15) is 0 Å². The Labute approximate surface area is 127 Å². The molecule has 1 aromatic carbocycles. The second-order valence-electron chi connectivity index (χ2n) is 5.15. The molecule has 0 saturated carbocycles. The summed E-state index contributed by atoms with van der Waals surface area (Å²) in [4.78, 5) is 23.2. The van der Waals surface area contributed by atoms with Crippen molar-refractivity contribution in [1.82, 2.24) is 5.01 Å². The van der Waals surface area contributed by atoms with Gasteiger partial charge in [-0.1, -0.05) is 17.8 Å². The Morgan fingerprint density at radius 3 is 2.95 bits per heavy atom. The largest absolute Gasteiger partial charge is 0.326 e. The predicted octanol–water partition coefficient (Wildman–Crippen LogP) is 2.85. The minimum atomic E-state index is -0.000951. The summed E-state index contributed by atoms with van der Waals surface area (Å²) in [6.45, 7) is 4.48. The number of hydrazone groups is 1. The number of thioether (sulfide) groups is 1. The first kappa shape index (κ1) is 14.1. The zero-order valence-corrected chi connectivity index (χ0v) is 12.9. The van der Waals surface area contributed by atoms with Crippen molar-refractivity contribution in [2.24, 2.45) is 5.10 Å². The molecule has 2 amide bonds. The molecule has 5 nitrogen and oxygen atoms in total. The zero-order valence-electron chi connectivity index (χ0n) is 12.0. The Morgan fingerprint density at radius 2 is 2.19 bits per heavy atom. The number of nitrogens with zero attached hydrogens (tertiary/aromatic N) is 2. The van der Waals surface area contributed by atoms with Gasteiger partial charge in [0.05, 0.1) is 11.0 Å². The Morgan fingerprint density at radius 1 is 1.38 bits per heavy atom. The summed E-state index contributed by atoms with van der Waals surface area (Å²) in [6.07, 6.45) is 1.27. The maximum Gasteiger partial charge on any atom is 0.302 e. The average molecular weight is 303 g/mol. The quantitative estimate of drug-likeness (QED) is 0.914. The number of hydrogen-bond donors (Lipinski definition) is 1. The molecule has 1 atom stereocenters. The highest BCUT2D eigenvalue weighted by molar-refractivity contribution is 8.14. The lowest BCUT2D eigenvalue weighted by Crippen LogP contribution is -2.34. The Hall–Kier alpha value is -1.82. The fraction of sp³-hybridized carbons (Fsp3) is 0.400. The van der Waals surface area contributed by atoms with E-state index in [2.05, 4.69) is 16.5 Å². The van der Waals surface area contributed by atoms with Crippen LogP contribution in [0.2, 0.25) is 0 Å². The summed E-state index contributed by atoms with van der Waals surface area (Å²) in [5.41, 5.74) is 3.96. The molecule has 0 fully saturated rings. The van der Waals surface area contributed by atoms with Crippen molar-refractivity contribution in [3.63, 3.8) is 0 Å². The lowest BCUT2D eigenvalue weighted by Gasteiger charge is -2.26. The third-order valence-electron chi connectivity index (χ3n) is 3.70. The van der Waals surface area contributed by atoms with Crippen molar-refractivity contribution in [3.8, 4) is 0 Å². The lowest BCUT2D eigenvalue weighted by molar-refractivity contribution is -0.116. The van der Waals surface area contributed by atoms with Gasteiger partial charge in [0.15, 0.2) is 0 Å². The van der Waals surface area contributed by atoms with Crippen molar-refractivity contribution in [2.75, 3.05) is 11.9 Å². The highest BCUT2D eigenvalue weighted by atomic mass is 32.2. The first-order valence-corrected chi connectivity index (χ1v) is 7.96. The molecule has 0 spiro atoms. The molecular weight excluding hydrogens is 286 g/mol. The van der Waals surface area contributed by atoms with Crippen LogP contribution in [0.5, 0.6) is 0 Å². The number of amides is 2. The summed E-state index contributed by atoms with van der Waals surface area (Å²) in [5.74, 6) is 0.0666. The van der Waals surface area contributed by atoms with E-state index < -0.39 is 0 Å². The molecule has 6 heteroatoms. The minimum Gasteiger partial charge on any atom is -0.326 e. The summed E-state index contributed by atoms with van der Waals surface area (Å²) in [7, 11) is 0. The van der Waals surface area contributed by atoms with Gasteiger partial charge >= 0.3 is 5.24 Å². The van der Waals surface area contributed by atoms with Crippen LogP contribution in [0, 0.1) is 0 Å². The van der Waals surface area contributed by atoms with Crippen molar-refractivity contribution in [3.05, 3.63) is 29.3 Å². The number of anilines is 1. The molecule has 0 saturated heterocycles. The van der Waals surface area contributed by atoms with Gasteiger partial charge < -0.3 is 5.32 Å². The number of carbonyl (C=O) groups excluding carboxylic acids is 2. The van der Waals surface area contributed by atoms with Gasteiger partial charge in [0.25, 0.3) is 0 Å². The normalized spacial score (nSPS) is 21.7. The minimum absolute atomic E-state index is 0.000951. The molecule has 1 aromatic rings. The number of carbonyl (C=O) groups is 2. The second-order valence-corrected chi connectivity index (χ2v) is 6.44. The van der Waals surface area contributed by atoms with E-state index in [9.17, 15) is 9.59 Å². The molecule has 1 unspecified atom stereocenters. The van der Waals surface area contributed by atoms with Crippen molar-refractivity contribution in [2.45, 2.75) is 31.9 Å². The standard InChI is InChI=1S/C15H17N3O2S/c1-3-18-15(20)21-9(2)14(17-18)11-4-6-12-10(8-11)5-7-13(19)16-12/h4,6,8-9H,3,5,7H2,1-2H3,(H,16,19). The van der Waals surface area contributed by atoms with Crippen LogP contribution < -0.4 is 5.32 Å². The Bertz CT molecular complexity index is 642. The molecule has 0 radical (unpaired) electrons. The van der Waals surface area contributed by atoms with E-state index in [1.807, 2.05) is 26.0 Å². The number of benzene rings is 1. The molecule has 21 heavy (non-hydrogen) atoms. The lowest BCUT2D eigenvalue weighted by atomic mass is 9.97. The van der Waals surface area contributed by atoms with Gasteiger partial charge in [-0.15, -0.1) is 0 Å². The maximum absolute atomic E-state index is 11.8. The number of hydrogen-bond acceptors (Lipinski definition) is 4. The first-order valence-electron chi connectivity index (χ1n) is 7.08. The van der Waals surface area contributed by atoms with E-state index in [1.54, 1.807) is 0 Å². The molecule has 110 valence electrons. The van der Waals surface area contributed by atoms with Crippen LogP contribution in [0.15, 0.2) is 23.3 Å². The SMILES string of the molecule is CCN1N=C(c2ccc3c(c2)CCC(=O)N3)C(C)SC1=O. The average Bonchev–Trinajstić information content (AvgIpc) is 2.47. The fourth-order valence-electron chi connectivity index (χ4n) is 2.56. The highest BCUT2D eigenvalue weighted by Gasteiger charge is 2.28. The van der Waals surface area contributed by atoms with Gasteiger partial charge in [0, 0.05) is 18.7 Å². The Kier molecular flexibility index (Phi) is 3.71. The summed E-state index contributed by atoms with van der Waals surface area (Å²) < 4.78 is 0. The summed E-state index contributed by atoms with van der Waals surface area (Å²) in [5, 5.41) is 8.91. The van der Waals surface area contributed by atoms with Gasteiger partial charge in [-0.25, -0.2) is 5.01 Å². The summed E-state index contributed by atoms with van der Waals surface area (Å²) in [6, 6.07) is 5.96. The third kappa shape index (κ3) is 2.68. The van der Waals surface area contributed by atoms with Crippen LogP contribution in [-0.4, -0.2) is 33.7 Å². The summed E-state index contributed by atoms with van der Waals surface area (Å²) >= 11 is 1.30. The molecule has 0 aromatic heterocycles. The van der Waals surface area contributed by atoms with Crippen molar-refractivity contribution >= 4 is 34.3 Å². The monoisotopic (exact) mass is 303 g/mol. The van der Waals surface area contributed by atoms with Crippen LogP contribution >= 0.6 is 11.8 Å². The van der Waals surface area contributed by atoms with Crippen LogP contribution in [0.1, 0.15) is 31.4 Å². The smallest absolute Gasteiger partial charge is 0.302 e. The molecule has 2 aliphatic rings. The second kappa shape index (κ2) is 5.52. The van der Waals surface area contributed by atoms with Crippen LogP contribution in [0.3, 0.4) is 0 Å². The molecule has 2 heterocycles. The van der Waals surface area contributed by atoms with Gasteiger partial charge in [0.2, 0.25) is 5.91 Å².